The number of aliphatic hydroxyl groups is 1. The van der Waals surface area contributed by atoms with Crippen LogP contribution in [0.15, 0.2) is 47.5 Å². The SMILES string of the molecule is CCN1CCC(Nc2ncc3cc(-c4c(F)ccc(NS(=O)(=O)c5cc(Cl)cc6c5OCC6O)c4F)cc(F)c3n2)CC1. The molecule has 226 valence electrons. The lowest BCUT2D eigenvalue weighted by molar-refractivity contribution is 0.140. The number of hydrogen-bond acceptors (Lipinski definition) is 8. The zero-order valence-corrected chi connectivity index (χ0v) is 24.4. The number of anilines is 2. The Morgan fingerprint density at radius 1 is 1.12 bits per heavy atom. The molecule has 0 aliphatic carbocycles. The van der Waals surface area contributed by atoms with E-state index in [-0.39, 0.29) is 51.4 Å². The number of halogens is 4. The molecular weight excluding hydrogens is 607 g/mol. The number of ether oxygens (including phenoxy) is 1. The van der Waals surface area contributed by atoms with Crippen LogP contribution < -0.4 is 14.8 Å². The van der Waals surface area contributed by atoms with Gasteiger partial charge in [0.2, 0.25) is 5.95 Å². The lowest BCUT2D eigenvalue weighted by Crippen LogP contribution is -2.39. The van der Waals surface area contributed by atoms with Gasteiger partial charge in [-0.1, -0.05) is 18.5 Å². The van der Waals surface area contributed by atoms with Crippen molar-refractivity contribution in [2.45, 2.75) is 36.8 Å². The third-order valence-corrected chi connectivity index (χ3v) is 9.30. The van der Waals surface area contributed by atoms with Gasteiger partial charge in [-0.3, -0.25) is 4.72 Å². The second-order valence-corrected chi connectivity index (χ2v) is 12.6. The summed E-state index contributed by atoms with van der Waals surface area (Å²) in [4.78, 5) is 10.5. The minimum atomic E-state index is -4.52. The third kappa shape index (κ3) is 5.69. The van der Waals surface area contributed by atoms with E-state index < -0.39 is 49.7 Å². The van der Waals surface area contributed by atoms with Gasteiger partial charge in [0.05, 0.1) is 11.3 Å². The van der Waals surface area contributed by atoms with Crippen LogP contribution in [0.3, 0.4) is 0 Å². The number of likely N-dealkylation sites (tertiary alicyclic amines) is 1. The number of aliphatic hydroxyl groups excluding tert-OH is 1. The van der Waals surface area contributed by atoms with Gasteiger partial charge in [0, 0.05) is 41.3 Å². The highest BCUT2D eigenvalue weighted by Crippen LogP contribution is 2.41. The Kier molecular flexibility index (Phi) is 7.84. The number of piperidine rings is 1. The van der Waals surface area contributed by atoms with Crippen LogP contribution in [-0.2, 0) is 10.0 Å². The van der Waals surface area contributed by atoms with Crippen LogP contribution in [0.5, 0.6) is 5.75 Å². The molecule has 43 heavy (non-hydrogen) atoms. The number of hydrogen-bond donors (Lipinski definition) is 3. The molecule has 3 heterocycles. The van der Waals surface area contributed by atoms with Crippen LogP contribution in [0.25, 0.3) is 22.0 Å². The maximum atomic E-state index is 15.8. The average molecular weight is 634 g/mol. The van der Waals surface area contributed by atoms with Gasteiger partial charge in [-0.25, -0.2) is 31.6 Å². The average Bonchev–Trinajstić information content (AvgIpc) is 3.35. The number of aromatic nitrogens is 2. The summed E-state index contributed by atoms with van der Waals surface area (Å²) < 4.78 is 80.0. The highest BCUT2D eigenvalue weighted by Gasteiger charge is 2.32. The van der Waals surface area contributed by atoms with E-state index in [2.05, 4.69) is 31.8 Å². The van der Waals surface area contributed by atoms with Gasteiger partial charge in [0.15, 0.2) is 5.82 Å². The second kappa shape index (κ2) is 11.5. The Balaban J connectivity index is 1.30. The molecule has 2 aliphatic rings. The number of nitrogens with zero attached hydrogens (tertiary/aromatic N) is 3. The fourth-order valence-electron chi connectivity index (χ4n) is 5.43. The molecule has 1 atom stereocenters. The predicted molar refractivity (Wildman–Crippen MR) is 156 cm³/mol. The molecule has 0 spiro atoms. The van der Waals surface area contributed by atoms with Gasteiger partial charge in [-0.15, -0.1) is 0 Å². The summed E-state index contributed by atoms with van der Waals surface area (Å²) in [5.41, 5.74) is -1.26. The van der Waals surface area contributed by atoms with Gasteiger partial charge in [-0.05, 0) is 61.3 Å². The van der Waals surface area contributed by atoms with Gasteiger partial charge < -0.3 is 20.1 Å². The van der Waals surface area contributed by atoms with Gasteiger partial charge >= 0.3 is 0 Å². The van der Waals surface area contributed by atoms with Crippen LogP contribution in [-0.4, -0.2) is 60.7 Å². The van der Waals surface area contributed by atoms with E-state index in [1.165, 1.54) is 18.3 Å². The van der Waals surface area contributed by atoms with Crippen molar-refractivity contribution in [1.82, 2.24) is 14.9 Å². The Morgan fingerprint density at radius 2 is 1.88 bits per heavy atom. The minimum absolute atomic E-state index is 0.0121. The van der Waals surface area contributed by atoms with Crippen LogP contribution >= 0.6 is 11.6 Å². The molecule has 1 fully saturated rings. The maximum absolute atomic E-state index is 15.8. The van der Waals surface area contributed by atoms with Crippen LogP contribution in [0.2, 0.25) is 5.02 Å². The molecule has 1 saturated heterocycles. The molecule has 6 rings (SSSR count). The Morgan fingerprint density at radius 3 is 2.63 bits per heavy atom. The molecule has 3 N–H and O–H groups in total. The highest BCUT2D eigenvalue weighted by atomic mass is 35.5. The van der Waals surface area contributed by atoms with Gasteiger partial charge in [0.1, 0.15) is 40.5 Å². The van der Waals surface area contributed by atoms with Crippen molar-refractivity contribution in [3.63, 3.8) is 0 Å². The zero-order chi connectivity index (χ0) is 30.5. The van der Waals surface area contributed by atoms with Gasteiger partial charge in [-0.2, -0.15) is 0 Å². The van der Waals surface area contributed by atoms with E-state index in [1.54, 1.807) is 0 Å². The molecule has 0 amide bonds. The smallest absolute Gasteiger partial charge is 0.265 e. The lowest BCUT2D eigenvalue weighted by Gasteiger charge is -2.31. The summed E-state index contributed by atoms with van der Waals surface area (Å²) in [5.74, 6) is -2.99. The fourth-order valence-corrected chi connectivity index (χ4v) is 6.98. The molecule has 1 unspecified atom stereocenters. The molecule has 1 aromatic heterocycles. The summed E-state index contributed by atoms with van der Waals surface area (Å²) in [6.45, 7) is 4.78. The fraction of sp³-hybridized carbons (Fsp3) is 0.310. The minimum Gasteiger partial charge on any atom is -0.489 e. The molecular formula is C29H27ClF3N5O4S. The van der Waals surface area contributed by atoms with Crippen LogP contribution in [0, 0.1) is 17.5 Å². The monoisotopic (exact) mass is 633 g/mol. The van der Waals surface area contributed by atoms with Crippen molar-refractivity contribution >= 4 is 44.2 Å². The van der Waals surface area contributed by atoms with Crippen molar-refractivity contribution in [3.8, 4) is 16.9 Å². The molecule has 3 aromatic carbocycles. The van der Waals surface area contributed by atoms with Crippen molar-refractivity contribution in [2.75, 3.05) is 36.3 Å². The van der Waals surface area contributed by atoms with E-state index in [0.29, 0.717) is 0 Å². The van der Waals surface area contributed by atoms with E-state index in [0.717, 1.165) is 56.7 Å². The van der Waals surface area contributed by atoms with Crippen molar-refractivity contribution < 1.29 is 31.4 Å². The van der Waals surface area contributed by atoms with Crippen molar-refractivity contribution in [1.29, 1.82) is 0 Å². The molecule has 9 nitrogen and oxygen atoms in total. The van der Waals surface area contributed by atoms with E-state index in [4.69, 9.17) is 16.3 Å². The van der Waals surface area contributed by atoms with Crippen molar-refractivity contribution in [3.05, 3.63) is 70.6 Å². The summed E-state index contributed by atoms with van der Waals surface area (Å²) in [6.07, 6.45) is 2.07. The number of nitrogens with one attached hydrogen (secondary N) is 2. The summed E-state index contributed by atoms with van der Waals surface area (Å²) in [7, 11) is -4.52. The number of sulfonamides is 1. The Labute approximate surface area is 250 Å². The first kappa shape index (κ1) is 29.4. The number of rotatable bonds is 7. The third-order valence-electron chi connectivity index (χ3n) is 7.71. The number of benzene rings is 3. The zero-order valence-electron chi connectivity index (χ0n) is 22.9. The molecule has 0 bridgehead atoms. The largest absolute Gasteiger partial charge is 0.489 e. The quantitative estimate of drug-likeness (QED) is 0.245. The molecule has 4 aromatic rings. The van der Waals surface area contributed by atoms with E-state index in [1.807, 2.05) is 0 Å². The standard InChI is InChI=1S/C29H27ClF3N5O4S/c1-2-38-7-5-18(6-8-38)35-29-34-13-16-9-15(10-21(32)27(16)36-29)25-20(31)3-4-22(26(25)33)37-43(40,41)24-12-17(30)11-19-23(39)14-42-28(19)24/h3-4,9-13,18,23,37,39H,2,5-8,14H2,1H3,(H,34,35,36). The highest BCUT2D eigenvalue weighted by molar-refractivity contribution is 7.92. The van der Waals surface area contributed by atoms with Gasteiger partial charge in [0.25, 0.3) is 10.0 Å². The Bertz CT molecular complexity index is 1840. The Hall–Kier alpha value is -3.65. The first-order valence-corrected chi connectivity index (χ1v) is 15.5. The summed E-state index contributed by atoms with van der Waals surface area (Å²) in [6, 6.07) is 6.67. The normalized spacial score (nSPS) is 17.6. The number of fused-ring (bicyclic) bond motifs is 2. The second-order valence-electron chi connectivity index (χ2n) is 10.5. The van der Waals surface area contributed by atoms with Crippen LogP contribution in [0.4, 0.5) is 24.8 Å². The van der Waals surface area contributed by atoms with Crippen LogP contribution in [0.1, 0.15) is 31.4 Å². The topological polar surface area (TPSA) is 117 Å². The molecule has 2 aliphatic heterocycles. The summed E-state index contributed by atoms with van der Waals surface area (Å²) in [5, 5.41) is 13.5. The first-order chi connectivity index (χ1) is 20.5. The summed E-state index contributed by atoms with van der Waals surface area (Å²) >= 11 is 6.06. The van der Waals surface area contributed by atoms with Crippen molar-refractivity contribution in [2.24, 2.45) is 0 Å². The molecule has 0 saturated carbocycles. The maximum Gasteiger partial charge on any atom is 0.265 e. The molecule has 14 heteroatoms. The van der Waals surface area contributed by atoms with E-state index >= 15 is 13.2 Å². The molecule has 0 radical (unpaired) electrons. The van der Waals surface area contributed by atoms with E-state index in [9.17, 15) is 13.5 Å². The first-order valence-electron chi connectivity index (χ1n) is 13.6. The lowest BCUT2D eigenvalue weighted by atomic mass is 10.0. The predicted octanol–water partition coefficient (Wildman–Crippen LogP) is 5.49.